The lowest BCUT2D eigenvalue weighted by Gasteiger charge is -2.26. The van der Waals surface area contributed by atoms with E-state index in [0.717, 1.165) is 31.4 Å². The molecule has 1 unspecified atom stereocenters. The van der Waals surface area contributed by atoms with Gasteiger partial charge in [-0.05, 0) is 31.2 Å². The predicted molar refractivity (Wildman–Crippen MR) is 102 cm³/mol. The van der Waals surface area contributed by atoms with Crippen LogP contribution in [-0.2, 0) is 11.2 Å². The molecule has 0 bridgehead atoms. The highest BCUT2D eigenvalue weighted by Crippen LogP contribution is 2.24. The van der Waals surface area contributed by atoms with Gasteiger partial charge in [0.15, 0.2) is 0 Å². The smallest absolute Gasteiger partial charge is 0.320 e. The number of likely N-dealkylation sites (tertiary alicyclic amines) is 1. The third-order valence-corrected chi connectivity index (χ3v) is 4.90. The lowest BCUT2D eigenvalue weighted by atomic mass is 10.1. The number of rotatable bonds is 5. The van der Waals surface area contributed by atoms with Crippen LogP contribution in [-0.4, -0.2) is 53.4 Å². The van der Waals surface area contributed by atoms with E-state index < -0.39 is 0 Å². The van der Waals surface area contributed by atoms with E-state index in [9.17, 15) is 9.59 Å². The van der Waals surface area contributed by atoms with Gasteiger partial charge in [0.05, 0.1) is 0 Å². The summed E-state index contributed by atoms with van der Waals surface area (Å²) in [6.45, 7) is 6.69. The molecule has 24 heavy (non-hydrogen) atoms. The molecule has 2 rings (SSSR count). The maximum Gasteiger partial charge on any atom is 0.320 e. The molecule has 5 heteroatoms. The fourth-order valence-corrected chi connectivity index (χ4v) is 3.61. The molecule has 0 saturated carbocycles. The maximum absolute atomic E-state index is 12.3. The minimum absolute atomic E-state index is 0.0549. The van der Waals surface area contributed by atoms with Crippen LogP contribution in [0.3, 0.4) is 0 Å². The number of benzene rings is 1. The third kappa shape index (κ3) is 6.04. The number of carbonyl (C=O) groups is 2. The second-order valence-electron chi connectivity index (χ2n) is 5.79. The van der Waals surface area contributed by atoms with E-state index in [-0.39, 0.29) is 17.2 Å². The van der Waals surface area contributed by atoms with E-state index in [1.165, 1.54) is 17.3 Å². The standard InChI is InChI=1S/C17H24N2O2S.C2H4/c1-18(2)17(21)19-12-6-11-15(19)16(20)22-13-7-10-14-8-4-3-5-9-14;1-2/h3-5,8-9,15H,6-7,10-13H2,1-2H3;1-2H2. The first-order chi connectivity index (χ1) is 11.6. The number of hydrogen-bond donors (Lipinski definition) is 0. The summed E-state index contributed by atoms with van der Waals surface area (Å²) in [4.78, 5) is 27.7. The molecule has 0 spiro atoms. The summed E-state index contributed by atoms with van der Waals surface area (Å²) < 4.78 is 0. The van der Waals surface area contributed by atoms with Gasteiger partial charge >= 0.3 is 6.03 Å². The number of urea groups is 1. The zero-order valence-corrected chi connectivity index (χ0v) is 15.6. The number of amides is 2. The Hall–Kier alpha value is -1.75. The average molecular weight is 349 g/mol. The van der Waals surface area contributed by atoms with Crippen LogP contribution < -0.4 is 0 Å². The highest BCUT2D eigenvalue weighted by molar-refractivity contribution is 8.13. The molecule has 1 saturated heterocycles. The van der Waals surface area contributed by atoms with E-state index >= 15 is 0 Å². The molecule has 1 heterocycles. The Morgan fingerprint density at radius 1 is 1.25 bits per heavy atom. The van der Waals surface area contributed by atoms with E-state index in [0.29, 0.717) is 6.54 Å². The Morgan fingerprint density at radius 2 is 1.92 bits per heavy atom. The van der Waals surface area contributed by atoms with Crippen LogP contribution in [0.25, 0.3) is 0 Å². The molecule has 4 nitrogen and oxygen atoms in total. The second kappa shape index (κ2) is 10.9. The van der Waals surface area contributed by atoms with Gasteiger partial charge in [0.25, 0.3) is 0 Å². The molecule has 1 aromatic carbocycles. The normalized spacial score (nSPS) is 16.2. The summed E-state index contributed by atoms with van der Waals surface area (Å²) in [5, 5.41) is 0.140. The number of hydrogen-bond acceptors (Lipinski definition) is 3. The predicted octanol–water partition coefficient (Wildman–Crippen LogP) is 3.83. The van der Waals surface area contributed by atoms with Gasteiger partial charge in [0.1, 0.15) is 6.04 Å². The molecule has 0 radical (unpaired) electrons. The monoisotopic (exact) mass is 348 g/mol. The quantitative estimate of drug-likeness (QED) is 0.600. The molecule has 132 valence electrons. The van der Waals surface area contributed by atoms with Crippen LogP contribution in [0.4, 0.5) is 4.79 Å². The van der Waals surface area contributed by atoms with Crippen molar-refractivity contribution in [3.63, 3.8) is 0 Å². The van der Waals surface area contributed by atoms with Crippen molar-refractivity contribution >= 4 is 22.9 Å². The Kier molecular flexibility index (Phi) is 9.23. The summed E-state index contributed by atoms with van der Waals surface area (Å²) in [7, 11) is 3.46. The minimum Gasteiger partial charge on any atom is -0.331 e. The molecule has 0 N–H and O–H groups in total. The highest BCUT2D eigenvalue weighted by atomic mass is 32.2. The fraction of sp³-hybridized carbons (Fsp3) is 0.474. The lowest BCUT2D eigenvalue weighted by molar-refractivity contribution is -0.114. The number of aryl methyl sites for hydroxylation is 1. The Balaban J connectivity index is 0.00000139. The van der Waals surface area contributed by atoms with Gasteiger partial charge in [-0.25, -0.2) is 4.79 Å². The summed E-state index contributed by atoms with van der Waals surface area (Å²) in [5.74, 6) is 0.814. The SMILES string of the molecule is C=C.CN(C)C(=O)N1CCCC1C(=O)SCCCc1ccccc1. The van der Waals surface area contributed by atoms with Gasteiger partial charge in [0.2, 0.25) is 5.12 Å². The van der Waals surface area contributed by atoms with E-state index in [4.69, 9.17) is 0 Å². The van der Waals surface area contributed by atoms with E-state index in [1.54, 1.807) is 23.9 Å². The molecule has 1 atom stereocenters. The van der Waals surface area contributed by atoms with Crippen LogP contribution in [0.15, 0.2) is 43.5 Å². The number of carbonyl (C=O) groups excluding carboxylic acids is 2. The lowest BCUT2D eigenvalue weighted by Crippen LogP contribution is -2.44. The first-order valence-corrected chi connectivity index (χ1v) is 9.26. The maximum atomic E-state index is 12.3. The summed E-state index contributed by atoms with van der Waals surface area (Å²) >= 11 is 1.37. The van der Waals surface area contributed by atoms with Crippen molar-refractivity contribution < 1.29 is 9.59 Å². The zero-order valence-electron chi connectivity index (χ0n) is 14.7. The highest BCUT2D eigenvalue weighted by Gasteiger charge is 2.34. The fourth-order valence-electron chi connectivity index (χ4n) is 2.69. The molecule has 0 aliphatic carbocycles. The van der Waals surface area contributed by atoms with Gasteiger partial charge in [-0.1, -0.05) is 42.1 Å². The van der Waals surface area contributed by atoms with Crippen molar-refractivity contribution in [2.75, 3.05) is 26.4 Å². The third-order valence-electron chi connectivity index (χ3n) is 3.85. The van der Waals surface area contributed by atoms with Crippen molar-refractivity contribution in [1.29, 1.82) is 0 Å². The van der Waals surface area contributed by atoms with Crippen molar-refractivity contribution in [2.24, 2.45) is 0 Å². The van der Waals surface area contributed by atoms with Gasteiger partial charge in [-0.15, -0.1) is 13.2 Å². The average Bonchev–Trinajstić information content (AvgIpc) is 3.10. The van der Waals surface area contributed by atoms with E-state index in [1.807, 2.05) is 18.2 Å². The Morgan fingerprint density at radius 3 is 2.54 bits per heavy atom. The summed E-state index contributed by atoms with van der Waals surface area (Å²) in [6.07, 6.45) is 3.69. The Labute approximate surface area is 149 Å². The van der Waals surface area contributed by atoms with Gasteiger partial charge in [-0.2, -0.15) is 0 Å². The van der Waals surface area contributed by atoms with Crippen LogP contribution >= 0.6 is 11.8 Å². The topological polar surface area (TPSA) is 40.6 Å². The van der Waals surface area contributed by atoms with Gasteiger partial charge in [0, 0.05) is 26.4 Å². The number of thioether (sulfide) groups is 1. The molecule has 1 aliphatic heterocycles. The molecule has 1 fully saturated rings. The van der Waals surface area contributed by atoms with Crippen LogP contribution in [0.2, 0.25) is 0 Å². The molecule has 1 aliphatic rings. The first-order valence-electron chi connectivity index (χ1n) is 8.28. The molecule has 2 amide bonds. The van der Waals surface area contributed by atoms with Gasteiger partial charge < -0.3 is 9.80 Å². The molecular formula is C19H28N2O2S. The summed E-state index contributed by atoms with van der Waals surface area (Å²) in [5.41, 5.74) is 1.31. The van der Waals surface area contributed by atoms with Crippen molar-refractivity contribution in [3.8, 4) is 0 Å². The zero-order chi connectivity index (χ0) is 17.9. The molecule has 0 aromatic heterocycles. The summed E-state index contributed by atoms with van der Waals surface area (Å²) in [6, 6.07) is 10.0. The largest absolute Gasteiger partial charge is 0.331 e. The second-order valence-corrected chi connectivity index (χ2v) is 6.88. The first kappa shape index (κ1) is 20.3. The van der Waals surface area contributed by atoms with Crippen molar-refractivity contribution in [3.05, 3.63) is 49.1 Å². The van der Waals surface area contributed by atoms with Crippen molar-refractivity contribution in [2.45, 2.75) is 31.7 Å². The van der Waals surface area contributed by atoms with E-state index in [2.05, 4.69) is 25.3 Å². The molecule has 1 aromatic rings. The van der Waals surface area contributed by atoms with Crippen LogP contribution in [0.1, 0.15) is 24.8 Å². The number of nitrogens with zero attached hydrogens (tertiary/aromatic N) is 2. The van der Waals surface area contributed by atoms with Gasteiger partial charge in [-0.3, -0.25) is 4.79 Å². The molecular weight excluding hydrogens is 320 g/mol. The minimum atomic E-state index is -0.239. The Bertz CT molecular complexity index is 519. The van der Waals surface area contributed by atoms with Crippen LogP contribution in [0.5, 0.6) is 0 Å². The van der Waals surface area contributed by atoms with Crippen LogP contribution in [0, 0.1) is 0 Å². The van der Waals surface area contributed by atoms with Crippen molar-refractivity contribution in [1.82, 2.24) is 9.80 Å².